The second kappa shape index (κ2) is 2.08. The van der Waals surface area contributed by atoms with Gasteiger partial charge in [0, 0.05) is 19.2 Å². The van der Waals surface area contributed by atoms with Crippen molar-refractivity contribution in [3.8, 4) is 0 Å². The lowest BCUT2D eigenvalue weighted by Crippen LogP contribution is -2.33. The van der Waals surface area contributed by atoms with Crippen LogP contribution >= 0.6 is 0 Å². The second-order valence-electron chi connectivity index (χ2n) is 2.75. The Morgan fingerprint density at radius 1 is 1.73 bits per heavy atom. The van der Waals surface area contributed by atoms with Crippen LogP contribution in [0.25, 0.3) is 0 Å². The summed E-state index contributed by atoms with van der Waals surface area (Å²) in [6.07, 6.45) is 2.63. The molecule has 2 heterocycles. The molecule has 1 aliphatic rings. The number of carbonyl (C=O) groups is 1. The zero-order valence-corrected chi connectivity index (χ0v) is 6.29. The molecule has 0 atom stereocenters. The van der Waals surface area contributed by atoms with Gasteiger partial charge in [-0.15, -0.1) is 0 Å². The summed E-state index contributed by atoms with van der Waals surface area (Å²) in [4.78, 5) is 13.0. The first-order valence-electron chi connectivity index (χ1n) is 3.57. The number of aromatic nitrogens is 2. The van der Waals surface area contributed by atoms with Crippen molar-refractivity contribution in [3.63, 3.8) is 0 Å². The highest BCUT2D eigenvalue weighted by Gasteiger charge is 2.22. The predicted molar refractivity (Wildman–Crippen MR) is 39.3 cm³/mol. The van der Waals surface area contributed by atoms with Crippen LogP contribution in [-0.4, -0.2) is 34.6 Å². The molecule has 1 aliphatic heterocycles. The van der Waals surface area contributed by atoms with E-state index in [2.05, 4.69) is 10.2 Å². The van der Waals surface area contributed by atoms with Crippen molar-refractivity contribution in [3.05, 3.63) is 17.5 Å². The summed E-state index contributed by atoms with van der Waals surface area (Å²) in [6, 6.07) is 0. The summed E-state index contributed by atoms with van der Waals surface area (Å²) < 4.78 is 0. The first-order chi connectivity index (χ1) is 5.29. The number of carbonyl (C=O) groups excluding carboxylic acids is 1. The maximum Gasteiger partial charge on any atom is 0.271 e. The molecule has 0 fully saturated rings. The number of hydrogen-bond acceptors (Lipinski definition) is 2. The third-order valence-electron chi connectivity index (χ3n) is 1.99. The fraction of sp³-hybridized carbons (Fsp3) is 0.429. The molecule has 0 spiro atoms. The van der Waals surface area contributed by atoms with Gasteiger partial charge < -0.3 is 4.90 Å². The SMILES string of the molecule is CN1CCc2cn[nH]c2C1=O. The maximum absolute atomic E-state index is 11.3. The lowest BCUT2D eigenvalue weighted by molar-refractivity contribution is 0.0775. The van der Waals surface area contributed by atoms with E-state index in [1.54, 1.807) is 18.1 Å². The van der Waals surface area contributed by atoms with Gasteiger partial charge in [0.15, 0.2) is 0 Å². The summed E-state index contributed by atoms with van der Waals surface area (Å²) in [5.74, 6) is 0.0451. The van der Waals surface area contributed by atoms with Crippen LogP contribution < -0.4 is 0 Å². The van der Waals surface area contributed by atoms with Gasteiger partial charge in [-0.3, -0.25) is 9.89 Å². The van der Waals surface area contributed by atoms with Crippen LogP contribution in [0.4, 0.5) is 0 Å². The average molecular weight is 151 g/mol. The Hall–Kier alpha value is -1.32. The van der Waals surface area contributed by atoms with Gasteiger partial charge >= 0.3 is 0 Å². The Balaban J connectivity index is 2.46. The number of hydrogen-bond donors (Lipinski definition) is 1. The van der Waals surface area contributed by atoms with Crippen molar-refractivity contribution >= 4 is 5.91 Å². The molecule has 0 unspecified atom stereocenters. The molecule has 4 nitrogen and oxygen atoms in total. The molecule has 58 valence electrons. The van der Waals surface area contributed by atoms with Gasteiger partial charge in [0.2, 0.25) is 0 Å². The van der Waals surface area contributed by atoms with E-state index < -0.39 is 0 Å². The summed E-state index contributed by atoms with van der Waals surface area (Å²) in [5, 5.41) is 6.51. The first-order valence-corrected chi connectivity index (χ1v) is 3.57. The molecule has 4 heteroatoms. The lowest BCUT2D eigenvalue weighted by Gasteiger charge is -2.21. The van der Waals surface area contributed by atoms with Crippen molar-refractivity contribution in [2.45, 2.75) is 6.42 Å². The molecule has 1 aromatic rings. The topological polar surface area (TPSA) is 49.0 Å². The minimum Gasteiger partial charge on any atom is -0.340 e. The lowest BCUT2D eigenvalue weighted by atomic mass is 10.1. The molecule has 0 aromatic carbocycles. The van der Waals surface area contributed by atoms with E-state index in [4.69, 9.17) is 0 Å². The van der Waals surface area contributed by atoms with Crippen molar-refractivity contribution in [1.82, 2.24) is 15.1 Å². The summed E-state index contributed by atoms with van der Waals surface area (Å²) in [5.41, 5.74) is 1.69. The van der Waals surface area contributed by atoms with Crippen LogP contribution in [0.15, 0.2) is 6.20 Å². The first kappa shape index (κ1) is 6.39. The van der Waals surface area contributed by atoms with E-state index in [0.717, 1.165) is 18.5 Å². The minimum atomic E-state index is 0.0451. The Morgan fingerprint density at radius 2 is 2.55 bits per heavy atom. The van der Waals surface area contributed by atoms with Crippen molar-refractivity contribution in [1.29, 1.82) is 0 Å². The molecule has 1 N–H and O–H groups in total. The van der Waals surface area contributed by atoms with Crippen molar-refractivity contribution < 1.29 is 4.79 Å². The zero-order valence-electron chi connectivity index (χ0n) is 6.29. The zero-order chi connectivity index (χ0) is 7.84. The maximum atomic E-state index is 11.3. The Kier molecular flexibility index (Phi) is 1.21. The number of H-pyrrole nitrogens is 1. The minimum absolute atomic E-state index is 0.0451. The van der Waals surface area contributed by atoms with Gasteiger partial charge in [0.05, 0.1) is 6.20 Å². The van der Waals surface area contributed by atoms with Crippen LogP contribution in [0.5, 0.6) is 0 Å². The molecule has 0 saturated heterocycles. The van der Waals surface area contributed by atoms with Crippen LogP contribution in [0.1, 0.15) is 16.1 Å². The number of amides is 1. The molecular weight excluding hydrogens is 142 g/mol. The summed E-state index contributed by atoms with van der Waals surface area (Å²) >= 11 is 0. The van der Waals surface area contributed by atoms with E-state index in [-0.39, 0.29) is 5.91 Å². The number of aromatic amines is 1. The monoisotopic (exact) mass is 151 g/mol. The van der Waals surface area contributed by atoms with Crippen LogP contribution in [-0.2, 0) is 6.42 Å². The van der Waals surface area contributed by atoms with Gasteiger partial charge in [-0.2, -0.15) is 5.10 Å². The molecule has 0 saturated carbocycles. The highest BCUT2D eigenvalue weighted by atomic mass is 16.2. The molecule has 11 heavy (non-hydrogen) atoms. The standard InChI is InChI=1S/C7H9N3O/c1-10-3-2-5-4-8-9-6(5)7(10)11/h4H,2-3H2,1H3,(H,8,9). The van der Waals surface area contributed by atoms with Gasteiger partial charge in [0.25, 0.3) is 5.91 Å². The van der Waals surface area contributed by atoms with Gasteiger partial charge in [-0.05, 0) is 6.42 Å². The summed E-state index contributed by atoms with van der Waals surface area (Å²) in [7, 11) is 1.80. The number of fused-ring (bicyclic) bond motifs is 1. The Bertz CT molecular complexity index is 292. The van der Waals surface area contributed by atoms with Crippen molar-refractivity contribution in [2.24, 2.45) is 0 Å². The number of nitrogens with zero attached hydrogens (tertiary/aromatic N) is 2. The molecule has 2 rings (SSSR count). The van der Waals surface area contributed by atoms with Crippen LogP contribution in [0, 0.1) is 0 Å². The third-order valence-corrected chi connectivity index (χ3v) is 1.99. The Morgan fingerprint density at radius 3 is 3.36 bits per heavy atom. The highest BCUT2D eigenvalue weighted by Crippen LogP contribution is 2.13. The third kappa shape index (κ3) is 0.824. The van der Waals surface area contributed by atoms with Gasteiger partial charge in [0.1, 0.15) is 5.69 Å². The number of rotatable bonds is 0. The van der Waals surface area contributed by atoms with E-state index in [0.29, 0.717) is 5.69 Å². The predicted octanol–water partition coefficient (Wildman–Crippen LogP) is 0.0378. The van der Waals surface area contributed by atoms with E-state index in [1.807, 2.05) is 0 Å². The molecule has 1 aromatic heterocycles. The van der Waals surface area contributed by atoms with E-state index in [9.17, 15) is 4.79 Å². The molecular formula is C7H9N3O. The molecule has 1 amide bonds. The number of nitrogens with one attached hydrogen (secondary N) is 1. The smallest absolute Gasteiger partial charge is 0.271 e. The normalized spacial score (nSPS) is 16.8. The average Bonchev–Trinajstić information content (AvgIpc) is 2.45. The van der Waals surface area contributed by atoms with Gasteiger partial charge in [-0.25, -0.2) is 0 Å². The summed E-state index contributed by atoms with van der Waals surface area (Å²) in [6.45, 7) is 0.797. The molecule has 0 bridgehead atoms. The largest absolute Gasteiger partial charge is 0.340 e. The van der Waals surface area contributed by atoms with Crippen molar-refractivity contribution in [2.75, 3.05) is 13.6 Å². The Labute approximate surface area is 64.2 Å². The fourth-order valence-corrected chi connectivity index (χ4v) is 1.27. The van der Waals surface area contributed by atoms with E-state index >= 15 is 0 Å². The highest BCUT2D eigenvalue weighted by molar-refractivity contribution is 5.94. The van der Waals surface area contributed by atoms with E-state index in [1.165, 1.54) is 0 Å². The number of likely N-dealkylation sites (N-methyl/N-ethyl adjacent to an activating group) is 1. The second-order valence-corrected chi connectivity index (χ2v) is 2.75. The van der Waals surface area contributed by atoms with Crippen LogP contribution in [0.2, 0.25) is 0 Å². The van der Waals surface area contributed by atoms with Gasteiger partial charge in [-0.1, -0.05) is 0 Å². The van der Waals surface area contributed by atoms with Crippen LogP contribution in [0.3, 0.4) is 0 Å². The quantitative estimate of drug-likeness (QED) is 0.569. The molecule has 0 radical (unpaired) electrons. The fourth-order valence-electron chi connectivity index (χ4n) is 1.27. The molecule has 0 aliphatic carbocycles.